The summed E-state index contributed by atoms with van der Waals surface area (Å²) in [5, 5.41) is 0. The molecule has 0 aliphatic carbocycles. The molecule has 0 bridgehead atoms. The molecule has 0 atom stereocenters. The van der Waals surface area contributed by atoms with Gasteiger partial charge >= 0.3 is 0 Å². The average Bonchev–Trinajstić information content (AvgIpc) is 2.36. The van der Waals surface area contributed by atoms with Crippen LogP contribution in [0.25, 0.3) is 0 Å². The Balaban J connectivity index is 2.22. The second kappa shape index (κ2) is 8.53. The third kappa shape index (κ3) is 7.15. The van der Waals surface area contributed by atoms with E-state index in [1.54, 1.807) is 0 Å². The molecule has 0 heterocycles. The van der Waals surface area contributed by atoms with Gasteiger partial charge in [-0.05, 0) is 30.4 Å². The Hall–Kier alpha value is -0.740. The van der Waals surface area contributed by atoms with E-state index in [0.29, 0.717) is 18.9 Å². The maximum absolute atomic E-state index is 10.7. The SMILES string of the molecule is CC(C)c1ccccc1OCCCCCCS(=O)(=O)Cl. The van der Waals surface area contributed by atoms with Gasteiger partial charge < -0.3 is 4.74 Å². The van der Waals surface area contributed by atoms with E-state index in [1.165, 1.54) is 5.56 Å². The Kier molecular flexibility index (Phi) is 7.38. The molecule has 1 aromatic rings. The number of hydrogen-bond acceptors (Lipinski definition) is 3. The molecule has 0 aliphatic heterocycles. The summed E-state index contributed by atoms with van der Waals surface area (Å²) in [6.07, 6.45) is 3.36. The molecule has 5 heteroatoms. The van der Waals surface area contributed by atoms with Gasteiger partial charge in [0.05, 0.1) is 12.4 Å². The van der Waals surface area contributed by atoms with E-state index in [2.05, 4.69) is 19.9 Å². The summed E-state index contributed by atoms with van der Waals surface area (Å²) in [7, 11) is 1.81. The highest BCUT2D eigenvalue weighted by molar-refractivity contribution is 8.13. The summed E-state index contributed by atoms with van der Waals surface area (Å²) in [6, 6.07) is 8.09. The minimum atomic E-state index is -3.33. The van der Waals surface area contributed by atoms with Gasteiger partial charge in [0.2, 0.25) is 9.05 Å². The summed E-state index contributed by atoms with van der Waals surface area (Å²) in [4.78, 5) is 0. The van der Waals surface area contributed by atoms with Gasteiger partial charge in [-0.2, -0.15) is 0 Å². The molecular weight excluding hydrogens is 296 g/mol. The van der Waals surface area contributed by atoms with Gasteiger partial charge in [0.15, 0.2) is 0 Å². The smallest absolute Gasteiger partial charge is 0.232 e. The molecule has 0 aliphatic rings. The summed E-state index contributed by atoms with van der Waals surface area (Å²) < 4.78 is 27.3. The van der Waals surface area contributed by atoms with Crippen LogP contribution in [0.15, 0.2) is 24.3 Å². The van der Waals surface area contributed by atoms with E-state index in [4.69, 9.17) is 15.4 Å². The molecule has 0 aromatic heterocycles. The predicted molar refractivity (Wildman–Crippen MR) is 84.1 cm³/mol. The molecule has 0 saturated heterocycles. The highest BCUT2D eigenvalue weighted by Crippen LogP contribution is 2.25. The van der Waals surface area contributed by atoms with Crippen molar-refractivity contribution in [2.24, 2.45) is 0 Å². The van der Waals surface area contributed by atoms with Crippen LogP contribution in [-0.2, 0) is 9.05 Å². The van der Waals surface area contributed by atoms with Crippen LogP contribution in [0.5, 0.6) is 5.75 Å². The van der Waals surface area contributed by atoms with Gasteiger partial charge in [0.1, 0.15) is 5.75 Å². The van der Waals surface area contributed by atoms with Gasteiger partial charge in [-0.3, -0.25) is 0 Å². The lowest BCUT2D eigenvalue weighted by Gasteiger charge is -2.13. The van der Waals surface area contributed by atoms with Gasteiger partial charge in [0.25, 0.3) is 0 Å². The first-order chi connectivity index (χ1) is 9.40. The number of unbranched alkanes of at least 4 members (excludes halogenated alkanes) is 3. The minimum absolute atomic E-state index is 0.0611. The normalized spacial score (nSPS) is 11.8. The average molecular weight is 319 g/mol. The van der Waals surface area contributed by atoms with Crippen molar-refractivity contribution in [3.63, 3.8) is 0 Å². The van der Waals surface area contributed by atoms with Crippen molar-refractivity contribution >= 4 is 19.7 Å². The van der Waals surface area contributed by atoms with Crippen molar-refractivity contribution in [2.45, 2.75) is 45.4 Å². The number of halogens is 1. The van der Waals surface area contributed by atoms with Crippen LogP contribution in [-0.4, -0.2) is 20.8 Å². The molecule has 20 heavy (non-hydrogen) atoms. The quantitative estimate of drug-likeness (QED) is 0.503. The zero-order valence-corrected chi connectivity index (χ0v) is 13.7. The molecule has 3 nitrogen and oxygen atoms in total. The molecule has 1 rings (SSSR count). The lowest BCUT2D eigenvalue weighted by molar-refractivity contribution is 0.301. The first-order valence-corrected chi connectivity index (χ1v) is 9.52. The molecular formula is C15H23ClO3S. The summed E-state index contributed by atoms with van der Waals surface area (Å²) >= 11 is 0. The van der Waals surface area contributed by atoms with Crippen molar-refractivity contribution in [3.05, 3.63) is 29.8 Å². The molecule has 0 radical (unpaired) electrons. The standard InChI is InChI=1S/C15H23ClO3S/c1-13(2)14-9-5-6-10-15(14)19-11-7-3-4-8-12-20(16,17)18/h5-6,9-10,13H,3-4,7-8,11-12H2,1-2H3. The number of hydrogen-bond donors (Lipinski definition) is 0. The topological polar surface area (TPSA) is 43.4 Å². The number of benzene rings is 1. The van der Waals surface area contributed by atoms with Crippen molar-refractivity contribution in [3.8, 4) is 5.75 Å². The van der Waals surface area contributed by atoms with E-state index in [-0.39, 0.29) is 5.75 Å². The van der Waals surface area contributed by atoms with Gasteiger partial charge in [-0.25, -0.2) is 8.42 Å². The van der Waals surface area contributed by atoms with Crippen molar-refractivity contribution in [1.29, 1.82) is 0 Å². The van der Waals surface area contributed by atoms with Gasteiger partial charge in [0, 0.05) is 10.7 Å². The van der Waals surface area contributed by atoms with Crippen LogP contribution in [0.3, 0.4) is 0 Å². The fourth-order valence-electron chi connectivity index (χ4n) is 2.00. The Morgan fingerprint density at radius 2 is 1.75 bits per heavy atom. The van der Waals surface area contributed by atoms with Crippen molar-refractivity contribution in [1.82, 2.24) is 0 Å². The van der Waals surface area contributed by atoms with E-state index in [9.17, 15) is 8.42 Å². The third-order valence-corrected chi connectivity index (χ3v) is 4.32. The van der Waals surface area contributed by atoms with Crippen LogP contribution < -0.4 is 4.74 Å². The minimum Gasteiger partial charge on any atom is -0.493 e. The van der Waals surface area contributed by atoms with E-state index >= 15 is 0 Å². The van der Waals surface area contributed by atoms with Crippen molar-refractivity contribution < 1.29 is 13.2 Å². The number of para-hydroxylation sites is 1. The summed E-state index contributed by atoms with van der Waals surface area (Å²) in [6.45, 7) is 4.96. The van der Waals surface area contributed by atoms with Crippen LogP contribution in [0.4, 0.5) is 0 Å². The highest BCUT2D eigenvalue weighted by Gasteiger charge is 2.07. The molecule has 114 valence electrons. The zero-order valence-electron chi connectivity index (χ0n) is 12.1. The second-order valence-corrected chi connectivity index (χ2v) is 8.09. The molecule has 0 unspecified atom stereocenters. The molecule has 1 aromatic carbocycles. The third-order valence-electron chi connectivity index (χ3n) is 3.08. The molecule has 0 N–H and O–H groups in total. The summed E-state index contributed by atoms with van der Waals surface area (Å²) in [5.41, 5.74) is 1.22. The maximum Gasteiger partial charge on any atom is 0.232 e. The van der Waals surface area contributed by atoms with E-state index in [1.807, 2.05) is 18.2 Å². The first kappa shape index (κ1) is 17.3. The molecule has 0 saturated carbocycles. The lowest BCUT2D eigenvalue weighted by atomic mass is 10.0. The van der Waals surface area contributed by atoms with E-state index in [0.717, 1.165) is 25.0 Å². The lowest BCUT2D eigenvalue weighted by Crippen LogP contribution is -2.02. The Bertz CT molecular complexity index is 498. The molecule has 0 amide bonds. The predicted octanol–water partition coefficient (Wildman–Crippen LogP) is 4.32. The van der Waals surface area contributed by atoms with Crippen molar-refractivity contribution in [2.75, 3.05) is 12.4 Å². The van der Waals surface area contributed by atoms with Gasteiger partial charge in [-0.1, -0.05) is 44.9 Å². The summed E-state index contributed by atoms with van der Waals surface area (Å²) in [5.74, 6) is 1.46. The van der Waals surface area contributed by atoms with Crippen LogP contribution in [0.2, 0.25) is 0 Å². The van der Waals surface area contributed by atoms with Gasteiger partial charge in [-0.15, -0.1) is 0 Å². The highest BCUT2D eigenvalue weighted by atomic mass is 35.7. The zero-order chi connectivity index (χ0) is 15.0. The second-order valence-electron chi connectivity index (χ2n) is 5.20. The number of ether oxygens (including phenoxy) is 1. The fraction of sp³-hybridized carbons (Fsp3) is 0.600. The number of rotatable bonds is 9. The Labute approximate surface area is 126 Å². The molecule has 0 fully saturated rings. The maximum atomic E-state index is 10.7. The van der Waals surface area contributed by atoms with Crippen LogP contribution in [0, 0.1) is 0 Å². The Morgan fingerprint density at radius 3 is 2.40 bits per heavy atom. The Morgan fingerprint density at radius 1 is 1.10 bits per heavy atom. The first-order valence-electron chi connectivity index (χ1n) is 7.04. The van der Waals surface area contributed by atoms with E-state index < -0.39 is 9.05 Å². The van der Waals surface area contributed by atoms with Crippen LogP contribution in [0.1, 0.15) is 51.0 Å². The monoisotopic (exact) mass is 318 g/mol. The largest absolute Gasteiger partial charge is 0.493 e. The molecule has 0 spiro atoms. The van der Waals surface area contributed by atoms with Crippen LogP contribution >= 0.6 is 10.7 Å². The fourth-order valence-corrected chi connectivity index (χ4v) is 2.88.